The molecule has 0 saturated carbocycles. The molecule has 2 fully saturated rings. The average Bonchev–Trinajstić information content (AvgIpc) is 2.83. The fraction of sp³-hybridized carbons (Fsp3) is 0.458. The number of alkyl halides is 2. The lowest BCUT2D eigenvalue weighted by molar-refractivity contribution is -0.0728. The second-order valence-electron chi connectivity index (χ2n) is 8.75. The van der Waals surface area contributed by atoms with Crippen molar-refractivity contribution in [2.24, 2.45) is 5.92 Å². The lowest BCUT2D eigenvalue weighted by atomic mass is 9.95. The van der Waals surface area contributed by atoms with E-state index in [1.54, 1.807) is 12.4 Å². The molecule has 0 bridgehead atoms. The SMILES string of the molecule is C[C@@H]1CN(c2ccc(-c3cc4nccnc4c(NCC4CNCCC4(F)F)n3)cc2)CCO1. The number of hydrogen-bond donors (Lipinski definition) is 2. The predicted octanol–water partition coefficient (Wildman–Crippen LogP) is 3.57. The molecule has 174 valence electrons. The molecule has 2 atom stereocenters. The van der Waals surface area contributed by atoms with Crippen LogP contribution in [0.2, 0.25) is 0 Å². The van der Waals surface area contributed by atoms with Gasteiger partial charge in [0.2, 0.25) is 0 Å². The molecule has 2 saturated heterocycles. The van der Waals surface area contributed by atoms with Crippen molar-refractivity contribution < 1.29 is 13.5 Å². The van der Waals surface area contributed by atoms with Gasteiger partial charge in [0.1, 0.15) is 5.52 Å². The first-order valence-electron chi connectivity index (χ1n) is 11.4. The maximum absolute atomic E-state index is 14.3. The third kappa shape index (κ3) is 4.74. The standard InChI is InChI=1S/C24H28F2N6O/c1-16-15-32(10-11-33-16)19-4-2-17(3-5-19)20-12-21-22(29-9-8-28-21)23(31-20)30-14-18-13-27-7-6-24(18,25)26/h2-5,8-9,12,16,18,27H,6-7,10-11,13-15H2,1H3,(H,30,31)/t16-,18?/m1/s1. The number of hydrogen-bond acceptors (Lipinski definition) is 7. The zero-order chi connectivity index (χ0) is 22.8. The highest BCUT2D eigenvalue weighted by Crippen LogP contribution is 2.32. The van der Waals surface area contributed by atoms with Crippen LogP contribution in [0.25, 0.3) is 22.3 Å². The van der Waals surface area contributed by atoms with Gasteiger partial charge < -0.3 is 20.3 Å². The van der Waals surface area contributed by atoms with Gasteiger partial charge in [-0.1, -0.05) is 12.1 Å². The topological polar surface area (TPSA) is 75.2 Å². The number of benzene rings is 1. The van der Waals surface area contributed by atoms with Crippen LogP contribution in [0.1, 0.15) is 13.3 Å². The van der Waals surface area contributed by atoms with Gasteiger partial charge in [0, 0.05) is 62.8 Å². The van der Waals surface area contributed by atoms with E-state index in [-0.39, 0.29) is 25.6 Å². The van der Waals surface area contributed by atoms with E-state index in [2.05, 4.69) is 44.6 Å². The van der Waals surface area contributed by atoms with Gasteiger partial charge in [0.05, 0.1) is 29.8 Å². The highest BCUT2D eigenvalue weighted by atomic mass is 19.3. The number of nitrogens with one attached hydrogen (secondary N) is 2. The van der Waals surface area contributed by atoms with Crippen LogP contribution in [0.3, 0.4) is 0 Å². The Morgan fingerprint density at radius 1 is 1.21 bits per heavy atom. The summed E-state index contributed by atoms with van der Waals surface area (Å²) < 4.78 is 34.2. The minimum absolute atomic E-state index is 0.107. The number of morpholine rings is 1. The largest absolute Gasteiger partial charge is 0.375 e. The summed E-state index contributed by atoms with van der Waals surface area (Å²) in [5.74, 6) is -3.04. The maximum Gasteiger partial charge on any atom is 0.255 e. The molecule has 2 aromatic heterocycles. The Bertz CT molecular complexity index is 1110. The van der Waals surface area contributed by atoms with E-state index < -0.39 is 11.8 Å². The van der Waals surface area contributed by atoms with Crippen LogP contribution >= 0.6 is 0 Å². The van der Waals surface area contributed by atoms with E-state index in [0.717, 1.165) is 36.6 Å². The molecule has 5 rings (SSSR count). The van der Waals surface area contributed by atoms with Crippen LogP contribution in [0.5, 0.6) is 0 Å². The fourth-order valence-electron chi connectivity index (χ4n) is 4.47. The number of rotatable bonds is 5. The summed E-state index contributed by atoms with van der Waals surface area (Å²) >= 11 is 0. The van der Waals surface area contributed by atoms with Crippen molar-refractivity contribution >= 4 is 22.5 Å². The molecule has 9 heteroatoms. The lowest BCUT2D eigenvalue weighted by Gasteiger charge is -2.33. The van der Waals surface area contributed by atoms with Crippen LogP contribution in [0, 0.1) is 5.92 Å². The zero-order valence-electron chi connectivity index (χ0n) is 18.6. The summed E-state index contributed by atoms with van der Waals surface area (Å²) in [5, 5.41) is 6.19. The van der Waals surface area contributed by atoms with E-state index >= 15 is 0 Å². The molecule has 33 heavy (non-hydrogen) atoms. The molecule has 0 aliphatic carbocycles. The molecule has 2 aliphatic rings. The van der Waals surface area contributed by atoms with E-state index in [4.69, 9.17) is 9.72 Å². The summed E-state index contributed by atoms with van der Waals surface area (Å²) in [6, 6.07) is 10.1. The summed E-state index contributed by atoms with van der Waals surface area (Å²) in [5.41, 5.74) is 4.04. The predicted molar refractivity (Wildman–Crippen MR) is 125 cm³/mol. The van der Waals surface area contributed by atoms with Gasteiger partial charge in [-0.15, -0.1) is 0 Å². The van der Waals surface area contributed by atoms with Crippen molar-refractivity contribution in [1.29, 1.82) is 0 Å². The van der Waals surface area contributed by atoms with Gasteiger partial charge in [0.25, 0.3) is 5.92 Å². The molecule has 3 aromatic rings. The third-order valence-corrected chi connectivity index (χ3v) is 6.36. The first-order chi connectivity index (χ1) is 16.0. The van der Waals surface area contributed by atoms with E-state index in [0.29, 0.717) is 23.4 Å². The number of nitrogens with zero attached hydrogens (tertiary/aromatic N) is 4. The highest BCUT2D eigenvalue weighted by molar-refractivity contribution is 5.88. The highest BCUT2D eigenvalue weighted by Gasteiger charge is 2.41. The molecule has 0 amide bonds. The smallest absolute Gasteiger partial charge is 0.255 e. The first kappa shape index (κ1) is 21.9. The molecule has 2 aliphatic heterocycles. The summed E-state index contributed by atoms with van der Waals surface area (Å²) in [6.07, 6.45) is 3.27. The molecular weight excluding hydrogens is 426 g/mol. The zero-order valence-corrected chi connectivity index (χ0v) is 18.6. The Labute approximate surface area is 191 Å². The minimum Gasteiger partial charge on any atom is -0.375 e. The second kappa shape index (κ2) is 9.15. The van der Waals surface area contributed by atoms with Crippen LogP contribution in [0.4, 0.5) is 20.3 Å². The molecule has 0 spiro atoms. The summed E-state index contributed by atoms with van der Waals surface area (Å²) in [7, 11) is 0. The van der Waals surface area contributed by atoms with Crippen LogP contribution in [-0.4, -0.2) is 66.3 Å². The maximum atomic E-state index is 14.3. The number of piperidine rings is 1. The van der Waals surface area contributed by atoms with Crippen molar-refractivity contribution in [3.05, 3.63) is 42.7 Å². The van der Waals surface area contributed by atoms with Gasteiger partial charge in [-0.25, -0.2) is 18.7 Å². The number of ether oxygens (including phenoxy) is 1. The molecule has 1 unspecified atom stereocenters. The van der Waals surface area contributed by atoms with Crippen molar-refractivity contribution in [2.75, 3.05) is 49.5 Å². The fourth-order valence-corrected chi connectivity index (χ4v) is 4.47. The first-order valence-corrected chi connectivity index (χ1v) is 11.4. The average molecular weight is 455 g/mol. The molecular formula is C24H28F2N6O. The number of halogens is 2. The van der Waals surface area contributed by atoms with Crippen molar-refractivity contribution in [1.82, 2.24) is 20.3 Å². The van der Waals surface area contributed by atoms with E-state index in [1.165, 1.54) is 0 Å². The van der Waals surface area contributed by atoms with Crippen molar-refractivity contribution in [3.63, 3.8) is 0 Å². The van der Waals surface area contributed by atoms with Gasteiger partial charge in [-0.2, -0.15) is 0 Å². The van der Waals surface area contributed by atoms with Crippen molar-refractivity contribution in [2.45, 2.75) is 25.4 Å². The number of pyridine rings is 1. The Morgan fingerprint density at radius 2 is 2.03 bits per heavy atom. The Kier molecular flexibility index (Phi) is 6.07. The number of fused-ring (bicyclic) bond motifs is 1. The Balaban J connectivity index is 1.41. The van der Waals surface area contributed by atoms with Crippen LogP contribution < -0.4 is 15.5 Å². The summed E-state index contributed by atoms with van der Waals surface area (Å²) in [4.78, 5) is 15.9. The number of anilines is 2. The van der Waals surface area contributed by atoms with E-state index in [9.17, 15) is 8.78 Å². The third-order valence-electron chi connectivity index (χ3n) is 6.36. The van der Waals surface area contributed by atoms with E-state index in [1.807, 2.05) is 18.2 Å². The molecule has 4 heterocycles. The normalized spacial score (nSPS) is 22.9. The second-order valence-corrected chi connectivity index (χ2v) is 8.75. The van der Waals surface area contributed by atoms with Crippen LogP contribution in [0.15, 0.2) is 42.7 Å². The summed E-state index contributed by atoms with van der Waals surface area (Å²) in [6.45, 7) is 5.24. The molecule has 7 nitrogen and oxygen atoms in total. The van der Waals surface area contributed by atoms with Gasteiger partial charge >= 0.3 is 0 Å². The van der Waals surface area contributed by atoms with Gasteiger partial charge in [0.15, 0.2) is 5.82 Å². The molecule has 2 N–H and O–H groups in total. The lowest BCUT2D eigenvalue weighted by Crippen LogP contribution is -2.47. The van der Waals surface area contributed by atoms with Gasteiger partial charge in [-0.3, -0.25) is 4.98 Å². The van der Waals surface area contributed by atoms with Crippen LogP contribution in [-0.2, 0) is 4.74 Å². The van der Waals surface area contributed by atoms with Crippen molar-refractivity contribution in [3.8, 4) is 11.3 Å². The quantitative estimate of drug-likeness (QED) is 0.610. The Morgan fingerprint density at radius 3 is 2.82 bits per heavy atom. The monoisotopic (exact) mass is 454 g/mol. The Hall–Kier alpha value is -2.91. The molecule has 1 aromatic carbocycles. The van der Waals surface area contributed by atoms with Gasteiger partial charge in [-0.05, 0) is 25.1 Å². The number of aromatic nitrogens is 3. The minimum atomic E-state index is -2.70. The molecule has 0 radical (unpaired) electrons.